The van der Waals surface area contributed by atoms with Crippen molar-refractivity contribution in [2.45, 2.75) is 13.8 Å². The second-order valence-electron chi connectivity index (χ2n) is 3.05. The van der Waals surface area contributed by atoms with Crippen LogP contribution in [0, 0.1) is 0 Å². The molecule has 0 saturated carbocycles. The van der Waals surface area contributed by atoms with Crippen molar-refractivity contribution in [1.82, 2.24) is 0 Å². The Labute approximate surface area is 86.3 Å². The lowest BCUT2D eigenvalue weighted by Gasteiger charge is -2.27. The molecule has 72 valence electrons. The molecule has 0 N–H and O–H groups in total. The molecular weight excluding hydrogens is 168 g/mol. The van der Waals surface area contributed by atoms with Gasteiger partial charge in [0.05, 0.1) is 0 Å². The minimum Gasteiger partial charge on any atom is -0.0990 e. The van der Waals surface area contributed by atoms with Crippen LogP contribution in [0.25, 0.3) is 0 Å². The molecule has 0 atom stereocenters. The molecule has 0 radical (unpaired) electrons. The fourth-order valence-corrected chi connectivity index (χ4v) is 1.69. The van der Waals surface area contributed by atoms with Crippen LogP contribution < -0.4 is 0 Å². The Hall–Kier alpha value is -1.56. The predicted octanol–water partition coefficient (Wildman–Crippen LogP) is 4.12. The first-order valence-electron chi connectivity index (χ1n) is 4.79. The molecule has 0 spiro atoms. The second-order valence-corrected chi connectivity index (χ2v) is 3.05. The van der Waals surface area contributed by atoms with Crippen LogP contribution in [-0.2, 0) is 0 Å². The molecule has 0 fully saturated rings. The van der Waals surface area contributed by atoms with Crippen LogP contribution in [0.3, 0.4) is 0 Å². The van der Waals surface area contributed by atoms with Gasteiger partial charge in [-0.15, -0.1) is 0 Å². The van der Waals surface area contributed by atoms with Gasteiger partial charge in [0, 0.05) is 0 Å². The molecule has 0 heteroatoms. The minimum absolute atomic E-state index is 1.22. The van der Waals surface area contributed by atoms with E-state index in [0.29, 0.717) is 0 Å². The molecule has 0 saturated heterocycles. The molecule has 0 aliphatic heterocycles. The van der Waals surface area contributed by atoms with Gasteiger partial charge >= 0.3 is 0 Å². The second kappa shape index (κ2) is 4.61. The molecule has 1 rings (SSSR count). The van der Waals surface area contributed by atoms with E-state index in [1.165, 1.54) is 22.3 Å². The summed E-state index contributed by atoms with van der Waals surface area (Å²) in [6.45, 7) is 11.6. The lowest BCUT2D eigenvalue weighted by molar-refractivity contribution is 1.25. The lowest BCUT2D eigenvalue weighted by Crippen LogP contribution is -2.09. The highest BCUT2D eigenvalue weighted by molar-refractivity contribution is 5.76. The summed E-state index contributed by atoms with van der Waals surface area (Å²) in [6.07, 6.45) is 12.0. The maximum absolute atomic E-state index is 3.82. The van der Waals surface area contributed by atoms with Crippen LogP contribution in [0.4, 0.5) is 0 Å². The summed E-state index contributed by atoms with van der Waals surface area (Å²) >= 11 is 0. The van der Waals surface area contributed by atoms with E-state index >= 15 is 0 Å². The molecule has 1 aliphatic carbocycles. The van der Waals surface area contributed by atoms with E-state index in [4.69, 9.17) is 0 Å². The van der Waals surface area contributed by atoms with E-state index in [-0.39, 0.29) is 0 Å². The van der Waals surface area contributed by atoms with Crippen molar-refractivity contribution in [3.05, 3.63) is 71.9 Å². The fourth-order valence-electron chi connectivity index (χ4n) is 1.69. The first-order valence-corrected chi connectivity index (χ1v) is 4.79. The van der Waals surface area contributed by atoms with Crippen molar-refractivity contribution in [3.63, 3.8) is 0 Å². The average Bonchev–Trinajstić information content (AvgIpc) is 2.18. The standard InChI is InChI=1S/C14H16/c1-5-9-13-11(7-3)14(10-6-2)12(13)8-4/h5-10H,1,3H2,2,4H3/b10-6-,12-8+,13-9-. The Bertz CT molecular complexity index is 371. The van der Waals surface area contributed by atoms with Crippen LogP contribution in [0.5, 0.6) is 0 Å². The molecule has 0 aromatic heterocycles. The fraction of sp³-hybridized carbons (Fsp3) is 0.143. The summed E-state index contributed by atoms with van der Waals surface area (Å²) in [6, 6.07) is 0. The van der Waals surface area contributed by atoms with Crippen LogP contribution in [-0.4, -0.2) is 0 Å². The quantitative estimate of drug-likeness (QED) is 0.619. The molecule has 0 amide bonds. The van der Waals surface area contributed by atoms with Crippen molar-refractivity contribution < 1.29 is 0 Å². The van der Waals surface area contributed by atoms with Crippen molar-refractivity contribution in [3.8, 4) is 0 Å². The summed E-state index contributed by atoms with van der Waals surface area (Å²) in [4.78, 5) is 0. The Kier molecular flexibility index (Phi) is 3.47. The van der Waals surface area contributed by atoms with Crippen LogP contribution in [0.15, 0.2) is 71.9 Å². The van der Waals surface area contributed by atoms with Gasteiger partial charge in [0.15, 0.2) is 0 Å². The number of hydrogen-bond acceptors (Lipinski definition) is 0. The zero-order chi connectivity index (χ0) is 10.6. The molecule has 0 nitrogen and oxygen atoms in total. The van der Waals surface area contributed by atoms with Gasteiger partial charge in [-0.3, -0.25) is 0 Å². The summed E-state index contributed by atoms with van der Waals surface area (Å²) < 4.78 is 0. The molecule has 0 unspecified atom stereocenters. The van der Waals surface area contributed by atoms with Crippen molar-refractivity contribution in [2.24, 2.45) is 0 Å². The molecule has 0 aromatic carbocycles. The minimum atomic E-state index is 1.22. The van der Waals surface area contributed by atoms with Gasteiger partial charge in [-0.05, 0) is 36.1 Å². The SMILES string of the molecule is C=C/C=C1C(C=C)=C(/C=C\C)C/1=C/C. The number of hydrogen-bond donors (Lipinski definition) is 0. The monoisotopic (exact) mass is 184 g/mol. The maximum Gasteiger partial charge on any atom is -0.0103 e. The molecule has 0 aromatic rings. The first-order chi connectivity index (χ1) is 6.79. The molecule has 0 heterocycles. The normalized spacial score (nSPS) is 21.9. The van der Waals surface area contributed by atoms with E-state index in [2.05, 4.69) is 32.2 Å². The van der Waals surface area contributed by atoms with Gasteiger partial charge in [-0.25, -0.2) is 0 Å². The Morgan fingerprint density at radius 2 is 1.71 bits per heavy atom. The van der Waals surface area contributed by atoms with Gasteiger partial charge in [0.25, 0.3) is 0 Å². The zero-order valence-electron chi connectivity index (χ0n) is 8.88. The lowest BCUT2D eigenvalue weighted by atomic mass is 9.77. The Morgan fingerprint density at radius 3 is 2.14 bits per heavy atom. The van der Waals surface area contributed by atoms with Crippen molar-refractivity contribution in [1.29, 1.82) is 0 Å². The van der Waals surface area contributed by atoms with E-state index in [1.54, 1.807) is 0 Å². The largest absolute Gasteiger partial charge is 0.0990 e. The first kappa shape index (κ1) is 10.5. The number of rotatable bonds is 3. The van der Waals surface area contributed by atoms with Gasteiger partial charge in [0.1, 0.15) is 0 Å². The van der Waals surface area contributed by atoms with E-state index in [0.717, 1.165) is 0 Å². The molecule has 14 heavy (non-hydrogen) atoms. The predicted molar refractivity (Wildman–Crippen MR) is 64.1 cm³/mol. The highest BCUT2D eigenvalue weighted by Gasteiger charge is 2.23. The molecule has 1 aliphatic rings. The third-order valence-corrected chi connectivity index (χ3v) is 2.27. The summed E-state index contributed by atoms with van der Waals surface area (Å²) in [5, 5.41) is 0. The third-order valence-electron chi connectivity index (χ3n) is 2.27. The van der Waals surface area contributed by atoms with Crippen molar-refractivity contribution >= 4 is 0 Å². The van der Waals surface area contributed by atoms with Crippen molar-refractivity contribution in [2.75, 3.05) is 0 Å². The summed E-state index contributed by atoms with van der Waals surface area (Å²) in [7, 11) is 0. The topological polar surface area (TPSA) is 0 Å². The van der Waals surface area contributed by atoms with Gasteiger partial charge in [-0.1, -0.05) is 49.6 Å². The van der Waals surface area contributed by atoms with Crippen LogP contribution in [0.2, 0.25) is 0 Å². The molecule has 0 bridgehead atoms. The highest BCUT2D eigenvalue weighted by Crippen LogP contribution is 2.41. The Morgan fingerprint density at radius 1 is 1.00 bits per heavy atom. The van der Waals surface area contributed by atoms with Crippen LogP contribution in [0.1, 0.15) is 13.8 Å². The highest BCUT2D eigenvalue weighted by atomic mass is 14.3. The van der Waals surface area contributed by atoms with Crippen LogP contribution >= 0.6 is 0 Å². The maximum atomic E-state index is 3.82. The smallest absolute Gasteiger partial charge is 0.0103 e. The number of allylic oxidation sites excluding steroid dienone is 10. The van der Waals surface area contributed by atoms with Gasteiger partial charge < -0.3 is 0 Å². The summed E-state index contributed by atoms with van der Waals surface area (Å²) in [5.74, 6) is 0. The summed E-state index contributed by atoms with van der Waals surface area (Å²) in [5.41, 5.74) is 5.03. The average molecular weight is 184 g/mol. The van der Waals surface area contributed by atoms with Gasteiger partial charge in [0.2, 0.25) is 0 Å². The van der Waals surface area contributed by atoms with E-state index < -0.39 is 0 Å². The van der Waals surface area contributed by atoms with E-state index in [1.807, 2.05) is 31.2 Å². The zero-order valence-corrected chi connectivity index (χ0v) is 8.88. The molecular formula is C14H16. The Balaban J connectivity index is 3.25. The van der Waals surface area contributed by atoms with E-state index in [9.17, 15) is 0 Å². The van der Waals surface area contributed by atoms with Gasteiger partial charge in [-0.2, -0.15) is 0 Å². The third kappa shape index (κ3) is 1.56.